The van der Waals surface area contributed by atoms with E-state index < -0.39 is 0 Å². The molecule has 2 heterocycles. The number of rotatable bonds is 8. The minimum atomic E-state index is 0.207. The van der Waals surface area contributed by atoms with Crippen molar-refractivity contribution in [2.75, 3.05) is 20.3 Å². The van der Waals surface area contributed by atoms with Crippen molar-refractivity contribution in [3.63, 3.8) is 0 Å². The number of benzene rings is 1. The fraction of sp³-hybridized carbons (Fsp3) is 0.455. The first-order valence-corrected chi connectivity index (χ1v) is 10.1. The molecule has 3 rings (SSSR count). The highest BCUT2D eigenvalue weighted by atomic mass is 16.5. The van der Waals surface area contributed by atoms with E-state index in [4.69, 9.17) is 14.2 Å². The van der Waals surface area contributed by atoms with Crippen molar-refractivity contribution in [3.05, 3.63) is 47.2 Å². The molecule has 7 heteroatoms. The Morgan fingerprint density at radius 2 is 2.14 bits per heavy atom. The molecule has 0 amide bonds. The molecule has 1 aromatic carbocycles. The highest BCUT2D eigenvalue weighted by Gasteiger charge is 2.21. The molecule has 1 aromatic heterocycles. The van der Waals surface area contributed by atoms with Crippen molar-refractivity contribution in [3.8, 4) is 17.4 Å². The molecule has 0 spiro atoms. The van der Waals surface area contributed by atoms with Crippen LogP contribution in [0, 0.1) is 0 Å². The zero-order chi connectivity index (χ0) is 20.6. The normalized spacial score (nSPS) is 15.4. The van der Waals surface area contributed by atoms with Gasteiger partial charge in [-0.1, -0.05) is 0 Å². The predicted molar refractivity (Wildman–Crippen MR) is 114 cm³/mol. The standard InChI is InChI=1S/C22H30N4O3/c1-5-23-22(25-13-16-7-8-24-21(10-16)27-4)26-14-18-12-20-17(9-15(3)29-20)11-19(18)28-6-2/h7-8,10-12,15H,5-6,9,13-14H2,1-4H3,(H2,23,25,26). The SMILES string of the molecule is CCNC(=NCc1ccnc(OC)c1)NCc1cc2c(cc1OCC)CC(C)O2. The monoisotopic (exact) mass is 398 g/mol. The quantitative estimate of drug-likeness (QED) is 0.526. The lowest BCUT2D eigenvalue weighted by molar-refractivity contribution is 0.254. The third-order valence-electron chi connectivity index (χ3n) is 4.60. The number of aromatic nitrogens is 1. The first kappa shape index (κ1) is 20.8. The van der Waals surface area contributed by atoms with E-state index in [-0.39, 0.29) is 6.10 Å². The smallest absolute Gasteiger partial charge is 0.213 e. The molecule has 0 fully saturated rings. The summed E-state index contributed by atoms with van der Waals surface area (Å²) in [7, 11) is 1.61. The summed E-state index contributed by atoms with van der Waals surface area (Å²) in [4.78, 5) is 8.80. The van der Waals surface area contributed by atoms with E-state index in [1.807, 2.05) is 26.0 Å². The van der Waals surface area contributed by atoms with E-state index in [2.05, 4.69) is 39.7 Å². The average Bonchev–Trinajstić information content (AvgIpc) is 3.09. The number of nitrogens with one attached hydrogen (secondary N) is 2. The minimum Gasteiger partial charge on any atom is -0.494 e. The van der Waals surface area contributed by atoms with Gasteiger partial charge in [0.05, 0.1) is 20.3 Å². The second-order valence-electron chi connectivity index (χ2n) is 6.89. The van der Waals surface area contributed by atoms with Crippen LogP contribution in [0.15, 0.2) is 35.5 Å². The number of hydrogen-bond acceptors (Lipinski definition) is 5. The van der Waals surface area contributed by atoms with Crippen LogP contribution in [0.4, 0.5) is 0 Å². The molecule has 0 saturated carbocycles. The fourth-order valence-electron chi connectivity index (χ4n) is 3.26. The van der Waals surface area contributed by atoms with Gasteiger partial charge >= 0.3 is 0 Å². The molecular weight excluding hydrogens is 368 g/mol. The van der Waals surface area contributed by atoms with Crippen LogP contribution in [-0.4, -0.2) is 37.3 Å². The van der Waals surface area contributed by atoms with Crippen LogP contribution in [0.3, 0.4) is 0 Å². The first-order chi connectivity index (χ1) is 14.1. The molecule has 7 nitrogen and oxygen atoms in total. The fourth-order valence-corrected chi connectivity index (χ4v) is 3.26. The summed E-state index contributed by atoms with van der Waals surface area (Å²) in [6.07, 6.45) is 2.85. The molecule has 0 radical (unpaired) electrons. The third kappa shape index (κ3) is 5.53. The Kier molecular flexibility index (Phi) is 7.16. The van der Waals surface area contributed by atoms with Gasteiger partial charge in [0.1, 0.15) is 17.6 Å². The number of ether oxygens (including phenoxy) is 3. The number of nitrogens with zero attached hydrogens (tertiary/aromatic N) is 2. The Balaban J connectivity index is 1.72. The summed E-state index contributed by atoms with van der Waals surface area (Å²) in [6.45, 7) is 8.64. The summed E-state index contributed by atoms with van der Waals surface area (Å²) >= 11 is 0. The number of aliphatic imine (C=N–C) groups is 1. The van der Waals surface area contributed by atoms with Crippen LogP contribution in [0.2, 0.25) is 0 Å². The Labute approximate surface area is 172 Å². The minimum absolute atomic E-state index is 0.207. The summed E-state index contributed by atoms with van der Waals surface area (Å²) in [6, 6.07) is 8.00. The molecule has 2 N–H and O–H groups in total. The van der Waals surface area contributed by atoms with E-state index in [9.17, 15) is 0 Å². The highest BCUT2D eigenvalue weighted by molar-refractivity contribution is 5.79. The lowest BCUT2D eigenvalue weighted by atomic mass is 10.1. The molecule has 1 atom stereocenters. The zero-order valence-corrected chi connectivity index (χ0v) is 17.6. The number of fused-ring (bicyclic) bond motifs is 1. The van der Waals surface area contributed by atoms with Crippen LogP contribution < -0.4 is 24.8 Å². The van der Waals surface area contributed by atoms with Crippen molar-refractivity contribution in [2.24, 2.45) is 4.99 Å². The van der Waals surface area contributed by atoms with Crippen LogP contribution in [0.5, 0.6) is 17.4 Å². The van der Waals surface area contributed by atoms with E-state index in [1.165, 1.54) is 5.56 Å². The lowest BCUT2D eigenvalue weighted by Gasteiger charge is -2.15. The van der Waals surface area contributed by atoms with E-state index >= 15 is 0 Å². The van der Waals surface area contributed by atoms with Gasteiger partial charge in [0.25, 0.3) is 0 Å². The van der Waals surface area contributed by atoms with Crippen molar-refractivity contribution >= 4 is 5.96 Å². The van der Waals surface area contributed by atoms with Crippen molar-refractivity contribution < 1.29 is 14.2 Å². The van der Waals surface area contributed by atoms with Crippen LogP contribution >= 0.6 is 0 Å². The molecule has 1 aliphatic heterocycles. The Hall–Kier alpha value is -2.96. The molecule has 2 aromatic rings. The topological polar surface area (TPSA) is 77.0 Å². The molecule has 0 saturated heterocycles. The van der Waals surface area contributed by atoms with Crippen molar-refractivity contribution in [2.45, 2.75) is 46.4 Å². The zero-order valence-electron chi connectivity index (χ0n) is 17.6. The van der Waals surface area contributed by atoms with Crippen molar-refractivity contribution in [1.82, 2.24) is 15.6 Å². The van der Waals surface area contributed by atoms with Gasteiger partial charge in [-0.15, -0.1) is 0 Å². The predicted octanol–water partition coefficient (Wildman–Crippen LogP) is 3.07. The van der Waals surface area contributed by atoms with Gasteiger partial charge in [-0.25, -0.2) is 9.98 Å². The maximum absolute atomic E-state index is 5.92. The van der Waals surface area contributed by atoms with Crippen LogP contribution in [0.1, 0.15) is 37.5 Å². The third-order valence-corrected chi connectivity index (χ3v) is 4.60. The number of pyridine rings is 1. The number of methoxy groups -OCH3 is 1. The number of guanidine groups is 1. The molecule has 1 unspecified atom stereocenters. The van der Waals surface area contributed by atoms with Gasteiger partial charge in [-0.05, 0) is 44.5 Å². The van der Waals surface area contributed by atoms with Gasteiger partial charge in [0.2, 0.25) is 5.88 Å². The molecular formula is C22H30N4O3. The summed E-state index contributed by atoms with van der Waals surface area (Å²) in [5.74, 6) is 3.17. The number of hydrogen-bond donors (Lipinski definition) is 2. The Morgan fingerprint density at radius 1 is 1.28 bits per heavy atom. The summed E-state index contributed by atoms with van der Waals surface area (Å²) in [5, 5.41) is 6.68. The average molecular weight is 399 g/mol. The van der Waals surface area contributed by atoms with E-state index in [0.717, 1.165) is 41.6 Å². The second kappa shape index (κ2) is 10.0. The molecule has 156 valence electrons. The van der Waals surface area contributed by atoms with Crippen LogP contribution in [-0.2, 0) is 19.5 Å². The Bertz CT molecular complexity index is 854. The van der Waals surface area contributed by atoms with Crippen LogP contribution in [0.25, 0.3) is 0 Å². The largest absolute Gasteiger partial charge is 0.494 e. The van der Waals surface area contributed by atoms with Gasteiger partial charge in [0.15, 0.2) is 5.96 Å². The molecule has 1 aliphatic rings. The molecule has 29 heavy (non-hydrogen) atoms. The van der Waals surface area contributed by atoms with Gasteiger partial charge in [-0.3, -0.25) is 0 Å². The van der Waals surface area contributed by atoms with Gasteiger partial charge in [0, 0.05) is 42.9 Å². The summed E-state index contributed by atoms with van der Waals surface area (Å²) in [5.41, 5.74) is 3.29. The molecule has 0 bridgehead atoms. The summed E-state index contributed by atoms with van der Waals surface area (Å²) < 4.78 is 17.0. The molecule has 0 aliphatic carbocycles. The maximum atomic E-state index is 5.92. The van der Waals surface area contributed by atoms with E-state index in [1.54, 1.807) is 13.3 Å². The first-order valence-electron chi connectivity index (χ1n) is 10.1. The second-order valence-corrected chi connectivity index (χ2v) is 6.89. The van der Waals surface area contributed by atoms with E-state index in [0.29, 0.717) is 25.6 Å². The Morgan fingerprint density at radius 3 is 2.90 bits per heavy atom. The lowest BCUT2D eigenvalue weighted by Crippen LogP contribution is -2.36. The van der Waals surface area contributed by atoms with Gasteiger partial charge < -0.3 is 24.8 Å². The van der Waals surface area contributed by atoms with Crippen molar-refractivity contribution in [1.29, 1.82) is 0 Å². The van der Waals surface area contributed by atoms with Gasteiger partial charge in [-0.2, -0.15) is 0 Å². The highest BCUT2D eigenvalue weighted by Crippen LogP contribution is 2.35. The maximum Gasteiger partial charge on any atom is 0.213 e.